The number of nitrogens with one attached hydrogen (secondary N) is 2. The highest BCUT2D eigenvalue weighted by Crippen LogP contribution is 2.38. The Morgan fingerprint density at radius 1 is 1.31 bits per heavy atom. The van der Waals surface area contributed by atoms with Crippen LogP contribution in [0.15, 0.2) is 24.4 Å². The summed E-state index contributed by atoms with van der Waals surface area (Å²) in [5.41, 5.74) is 0.806. The largest absolute Gasteiger partial charge is 0.381 e. The van der Waals surface area contributed by atoms with E-state index in [0.29, 0.717) is 37.1 Å². The van der Waals surface area contributed by atoms with Crippen molar-refractivity contribution in [2.45, 2.75) is 18.9 Å². The lowest BCUT2D eigenvalue weighted by atomic mass is 9.77. The molecule has 2 saturated heterocycles. The number of aromatic nitrogens is 2. The topological polar surface area (TPSA) is 69.0 Å². The van der Waals surface area contributed by atoms with Crippen LogP contribution < -0.4 is 10.6 Å². The van der Waals surface area contributed by atoms with Gasteiger partial charge in [-0.25, -0.2) is 14.4 Å². The van der Waals surface area contributed by atoms with Crippen LogP contribution in [-0.4, -0.2) is 42.3 Å². The van der Waals surface area contributed by atoms with E-state index in [1.165, 1.54) is 24.4 Å². The minimum Gasteiger partial charge on any atom is -0.381 e. The predicted octanol–water partition coefficient (Wildman–Crippen LogP) is 3.26. The third kappa shape index (κ3) is 3.51. The highest BCUT2D eigenvalue weighted by atomic mass is 35.5. The molecule has 138 valence electrons. The van der Waals surface area contributed by atoms with Gasteiger partial charge in [-0.05, 0) is 25.0 Å². The maximum Gasteiger partial charge on any atom is 0.213 e. The molecule has 5 nitrogen and oxygen atoms in total. The zero-order valence-electron chi connectivity index (χ0n) is 14.1. The summed E-state index contributed by atoms with van der Waals surface area (Å²) in [4.78, 5) is 7.83. The Balaban J connectivity index is 1.57. The van der Waals surface area contributed by atoms with Crippen LogP contribution in [-0.2, 0) is 4.74 Å². The van der Waals surface area contributed by atoms with E-state index in [0.717, 1.165) is 19.4 Å². The molecule has 2 N–H and O–H groups in total. The van der Waals surface area contributed by atoms with Crippen molar-refractivity contribution in [1.29, 1.82) is 0 Å². The average Bonchev–Trinajstić information content (AvgIpc) is 3.50. The van der Waals surface area contributed by atoms with Gasteiger partial charge < -0.3 is 15.4 Å². The first-order valence-corrected chi connectivity index (χ1v) is 8.98. The molecule has 1 unspecified atom stereocenters. The Kier molecular flexibility index (Phi) is 4.77. The summed E-state index contributed by atoms with van der Waals surface area (Å²) in [5, 5.41) is 6.79. The van der Waals surface area contributed by atoms with Gasteiger partial charge in [-0.3, -0.25) is 0 Å². The van der Waals surface area contributed by atoms with Crippen LogP contribution in [0.4, 0.5) is 14.6 Å². The molecule has 0 bridgehead atoms. The number of pyridine rings is 2. The van der Waals surface area contributed by atoms with E-state index >= 15 is 0 Å². The van der Waals surface area contributed by atoms with Gasteiger partial charge in [0.25, 0.3) is 0 Å². The van der Waals surface area contributed by atoms with Crippen LogP contribution >= 0.6 is 11.6 Å². The molecule has 0 radical (unpaired) electrons. The summed E-state index contributed by atoms with van der Waals surface area (Å²) in [6, 6.07) is 4.41. The van der Waals surface area contributed by atoms with Crippen LogP contribution in [0.3, 0.4) is 0 Å². The number of ether oxygens (including phenoxy) is 1. The minimum absolute atomic E-state index is 0.0306. The highest BCUT2D eigenvalue weighted by Gasteiger charge is 2.45. The maximum absolute atomic E-state index is 14.3. The number of nitrogens with zero attached hydrogens (tertiary/aromatic N) is 2. The fourth-order valence-corrected chi connectivity index (χ4v) is 3.70. The Bertz CT molecular complexity index is 810. The van der Waals surface area contributed by atoms with E-state index in [9.17, 15) is 8.78 Å². The molecule has 0 amide bonds. The first-order valence-electron chi connectivity index (χ1n) is 8.60. The lowest BCUT2D eigenvalue weighted by Crippen LogP contribution is -2.41. The SMILES string of the molecule is Fc1cc(-c2ccc(F)c(NCC3(C4CN4)CCOCC3)n2)c(Cl)cn1. The van der Waals surface area contributed by atoms with Crippen molar-refractivity contribution in [3.8, 4) is 11.3 Å². The molecule has 0 aromatic carbocycles. The van der Waals surface area contributed by atoms with Crippen LogP contribution in [0.1, 0.15) is 12.8 Å². The molecule has 8 heteroatoms. The van der Waals surface area contributed by atoms with Crippen molar-refractivity contribution in [3.63, 3.8) is 0 Å². The fraction of sp³-hybridized carbons (Fsp3) is 0.444. The smallest absolute Gasteiger partial charge is 0.213 e. The Labute approximate surface area is 155 Å². The Hall–Kier alpha value is -1.83. The third-order valence-corrected chi connectivity index (χ3v) is 5.49. The first kappa shape index (κ1) is 17.6. The second-order valence-corrected chi connectivity index (χ2v) is 7.21. The van der Waals surface area contributed by atoms with Gasteiger partial charge in [0, 0.05) is 55.6 Å². The maximum atomic E-state index is 14.3. The molecule has 0 aliphatic carbocycles. The van der Waals surface area contributed by atoms with Crippen molar-refractivity contribution >= 4 is 17.4 Å². The summed E-state index contributed by atoms with van der Waals surface area (Å²) in [7, 11) is 0. The van der Waals surface area contributed by atoms with E-state index < -0.39 is 11.8 Å². The molecule has 2 fully saturated rings. The van der Waals surface area contributed by atoms with Crippen molar-refractivity contribution in [2.24, 2.45) is 5.41 Å². The minimum atomic E-state index is -0.661. The summed E-state index contributed by atoms with van der Waals surface area (Å²) in [6.07, 6.45) is 3.06. The normalized spacial score (nSPS) is 21.4. The number of hydrogen-bond donors (Lipinski definition) is 2. The Morgan fingerprint density at radius 3 is 2.81 bits per heavy atom. The van der Waals surface area contributed by atoms with Gasteiger partial charge in [0.1, 0.15) is 0 Å². The van der Waals surface area contributed by atoms with Crippen molar-refractivity contribution < 1.29 is 13.5 Å². The average molecular weight is 381 g/mol. The molecule has 26 heavy (non-hydrogen) atoms. The molecule has 2 aromatic rings. The van der Waals surface area contributed by atoms with Gasteiger partial charge >= 0.3 is 0 Å². The Morgan fingerprint density at radius 2 is 2.08 bits per heavy atom. The first-order chi connectivity index (χ1) is 12.6. The number of rotatable bonds is 5. The predicted molar refractivity (Wildman–Crippen MR) is 95.2 cm³/mol. The molecule has 2 aliphatic rings. The number of hydrogen-bond acceptors (Lipinski definition) is 5. The molecular formula is C18H19ClF2N4O. The monoisotopic (exact) mass is 380 g/mol. The quantitative estimate of drug-likeness (QED) is 0.615. The number of halogens is 3. The molecule has 2 aliphatic heterocycles. The lowest BCUT2D eigenvalue weighted by Gasteiger charge is -2.37. The van der Waals surface area contributed by atoms with Gasteiger partial charge in [0.2, 0.25) is 5.95 Å². The van der Waals surface area contributed by atoms with Crippen molar-refractivity contribution in [3.05, 3.63) is 41.2 Å². The van der Waals surface area contributed by atoms with Crippen LogP contribution in [0.2, 0.25) is 5.02 Å². The standard InChI is InChI=1S/C18H19ClF2N4O/c19-12-8-23-16(21)7-11(12)14-2-1-13(20)17(25-14)24-10-18(15-9-22-15)3-5-26-6-4-18/h1-2,7-8,15,22H,3-6,9-10H2,(H,24,25). The molecule has 4 rings (SSSR count). The number of anilines is 1. The molecule has 0 spiro atoms. The van der Waals surface area contributed by atoms with E-state index in [1.807, 2.05) is 0 Å². The van der Waals surface area contributed by atoms with E-state index in [-0.39, 0.29) is 16.3 Å². The lowest BCUT2D eigenvalue weighted by molar-refractivity contribution is 0.0204. The van der Waals surface area contributed by atoms with E-state index in [1.54, 1.807) is 0 Å². The van der Waals surface area contributed by atoms with Gasteiger partial charge in [-0.1, -0.05) is 11.6 Å². The van der Waals surface area contributed by atoms with Crippen LogP contribution in [0, 0.1) is 17.2 Å². The summed E-state index contributed by atoms with van der Waals surface area (Å²) < 4.78 is 33.2. The van der Waals surface area contributed by atoms with Gasteiger partial charge in [-0.2, -0.15) is 4.39 Å². The van der Waals surface area contributed by atoms with E-state index in [4.69, 9.17) is 16.3 Å². The third-order valence-electron chi connectivity index (χ3n) is 5.19. The van der Waals surface area contributed by atoms with Gasteiger partial charge in [0.15, 0.2) is 11.6 Å². The summed E-state index contributed by atoms with van der Waals surface area (Å²) in [6.45, 7) is 2.99. The molecule has 1 atom stereocenters. The highest BCUT2D eigenvalue weighted by molar-refractivity contribution is 6.33. The molecule has 0 saturated carbocycles. The van der Waals surface area contributed by atoms with E-state index in [2.05, 4.69) is 20.6 Å². The van der Waals surface area contributed by atoms with Gasteiger partial charge in [0.05, 0.1) is 10.7 Å². The fourth-order valence-electron chi connectivity index (χ4n) is 3.50. The molecule has 4 heterocycles. The molecular weight excluding hydrogens is 362 g/mol. The van der Waals surface area contributed by atoms with Crippen molar-refractivity contribution in [1.82, 2.24) is 15.3 Å². The second-order valence-electron chi connectivity index (χ2n) is 6.80. The van der Waals surface area contributed by atoms with Crippen LogP contribution in [0.25, 0.3) is 11.3 Å². The summed E-state index contributed by atoms with van der Waals surface area (Å²) >= 11 is 6.09. The second kappa shape index (κ2) is 7.06. The zero-order valence-corrected chi connectivity index (χ0v) is 14.8. The zero-order chi connectivity index (χ0) is 18.1. The van der Waals surface area contributed by atoms with Crippen molar-refractivity contribution in [2.75, 3.05) is 31.6 Å². The summed E-state index contributed by atoms with van der Waals surface area (Å²) in [5.74, 6) is -0.973. The van der Waals surface area contributed by atoms with Gasteiger partial charge in [-0.15, -0.1) is 0 Å². The van der Waals surface area contributed by atoms with Crippen LogP contribution in [0.5, 0.6) is 0 Å². The molecule has 2 aromatic heterocycles.